The molecule has 0 saturated heterocycles. The van der Waals surface area contributed by atoms with Gasteiger partial charge in [-0.15, -0.1) is 0 Å². The molecule has 7 nitrogen and oxygen atoms in total. The monoisotopic (exact) mass is 346 g/mol. The number of esters is 1. The van der Waals surface area contributed by atoms with Gasteiger partial charge in [0.1, 0.15) is 5.56 Å². The zero-order valence-corrected chi connectivity index (χ0v) is 15.5. The summed E-state index contributed by atoms with van der Waals surface area (Å²) in [6.07, 6.45) is 3.30. The number of fused-ring (bicyclic) bond motifs is 1. The minimum Gasteiger partial charge on any atom is -0.452 e. The molecule has 2 aromatic heterocycles. The summed E-state index contributed by atoms with van der Waals surface area (Å²) in [7, 11) is 0. The van der Waals surface area contributed by atoms with E-state index in [0.29, 0.717) is 41.8 Å². The predicted octanol–water partition coefficient (Wildman–Crippen LogP) is 2.34. The van der Waals surface area contributed by atoms with Gasteiger partial charge in [-0.05, 0) is 24.8 Å². The standard InChI is InChI=1S/C18H26N4O3/c1-12(2)9-21(10-13(3)4)15(23)11-25-18(24)16-14(5)20-22-8-6-7-19-17(16)22/h6-8,12-13H,9-11H2,1-5H3. The quantitative estimate of drug-likeness (QED) is 0.719. The lowest BCUT2D eigenvalue weighted by Crippen LogP contribution is -2.39. The Morgan fingerprint density at radius 2 is 1.84 bits per heavy atom. The first-order chi connectivity index (χ1) is 11.8. The van der Waals surface area contributed by atoms with Crippen molar-refractivity contribution in [3.05, 3.63) is 29.7 Å². The summed E-state index contributed by atoms with van der Waals surface area (Å²) in [5.41, 5.74) is 1.25. The highest BCUT2D eigenvalue weighted by atomic mass is 16.5. The van der Waals surface area contributed by atoms with Crippen molar-refractivity contribution in [2.24, 2.45) is 11.8 Å². The summed E-state index contributed by atoms with van der Waals surface area (Å²) < 4.78 is 6.78. The van der Waals surface area contributed by atoms with Crippen molar-refractivity contribution < 1.29 is 14.3 Å². The van der Waals surface area contributed by atoms with Crippen molar-refractivity contribution in [3.63, 3.8) is 0 Å². The van der Waals surface area contributed by atoms with Crippen LogP contribution in [0.25, 0.3) is 5.65 Å². The van der Waals surface area contributed by atoms with Crippen LogP contribution in [0, 0.1) is 18.8 Å². The molecular weight excluding hydrogens is 320 g/mol. The third-order valence-electron chi connectivity index (χ3n) is 3.62. The molecule has 0 spiro atoms. The van der Waals surface area contributed by atoms with Gasteiger partial charge in [0, 0.05) is 25.5 Å². The van der Waals surface area contributed by atoms with Gasteiger partial charge in [0.05, 0.1) is 5.69 Å². The lowest BCUT2D eigenvalue weighted by Gasteiger charge is -2.26. The second-order valence-electron chi connectivity index (χ2n) is 7.01. The van der Waals surface area contributed by atoms with Crippen molar-refractivity contribution in [2.45, 2.75) is 34.6 Å². The molecule has 0 aliphatic rings. The van der Waals surface area contributed by atoms with Gasteiger partial charge >= 0.3 is 5.97 Å². The van der Waals surface area contributed by atoms with Crippen LogP contribution >= 0.6 is 0 Å². The number of hydrogen-bond donors (Lipinski definition) is 0. The smallest absolute Gasteiger partial charge is 0.344 e. The van der Waals surface area contributed by atoms with Crippen molar-refractivity contribution in [1.29, 1.82) is 0 Å². The van der Waals surface area contributed by atoms with Crippen LogP contribution < -0.4 is 0 Å². The van der Waals surface area contributed by atoms with Crippen LogP contribution in [0.5, 0.6) is 0 Å². The Hall–Kier alpha value is -2.44. The summed E-state index contributed by atoms with van der Waals surface area (Å²) in [6.45, 7) is 11.0. The summed E-state index contributed by atoms with van der Waals surface area (Å²) in [5.74, 6) is -0.0552. The van der Waals surface area contributed by atoms with Crippen LogP contribution in [0.2, 0.25) is 0 Å². The number of aryl methyl sites for hydroxylation is 1. The maximum absolute atomic E-state index is 12.4. The SMILES string of the molecule is Cc1nn2cccnc2c1C(=O)OCC(=O)N(CC(C)C)CC(C)C. The fourth-order valence-corrected chi connectivity index (χ4v) is 2.69. The molecule has 7 heteroatoms. The van der Waals surface area contributed by atoms with Gasteiger partial charge < -0.3 is 9.64 Å². The van der Waals surface area contributed by atoms with E-state index in [1.165, 1.54) is 4.52 Å². The first-order valence-corrected chi connectivity index (χ1v) is 8.54. The first-order valence-electron chi connectivity index (χ1n) is 8.54. The zero-order valence-electron chi connectivity index (χ0n) is 15.5. The third kappa shape index (κ3) is 4.78. The molecule has 0 unspecified atom stereocenters. The van der Waals surface area contributed by atoms with E-state index in [0.717, 1.165) is 0 Å². The molecule has 2 heterocycles. The van der Waals surface area contributed by atoms with Crippen LogP contribution in [0.3, 0.4) is 0 Å². The number of ether oxygens (including phenoxy) is 1. The Labute approximate surface area is 148 Å². The Balaban J connectivity index is 2.07. The van der Waals surface area contributed by atoms with Gasteiger partial charge in [-0.25, -0.2) is 14.3 Å². The average Bonchev–Trinajstić information content (AvgIpc) is 2.86. The van der Waals surface area contributed by atoms with E-state index in [1.54, 1.807) is 30.3 Å². The normalized spacial score (nSPS) is 11.3. The number of aromatic nitrogens is 3. The van der Waals surface area contributed by atoms with E-state index in [1.807, 2.05) is 0 Å². The lowest BCUT2D eigenvalue weighted by molar-refractivity contribution is -0.135. The number of carbonyl (C=O) groups excluding carboxylic acids is 2. The van der Waals surface area contributed by atoms with Gasteiger partial charge in [-0.1, -0.05) is 27.7 Å². The van der Waals surface area contributed by atoms with Crippen LogP contribution in [0.15, 0.2) is 18.5 Å². The van der Waals surface area contributed by atoms with Gasteiger partial charge in [0.25, 0.3) is 5.91 Å². The summed E-state index contributed by atoms with van der Waals surface area (Å²) in [5, 5.41) is 4.23. The van der Waals surface area contributed by atoms with Crippen LogP contribution in [-0.4, -0.2) is 51.1 Å². The Bertz CT molecular complexity index is 742. The molecule has 0 atom stereocenters. The summed E-state index contributed by atoms with van der Waals surface area (Å²) >= 11 is 0. The molecule has 0 aromatic carbocycles. The Kier molecular flexibility index (Phi) is 6.12. The number of hydrogen-bond acceptors (Lipinski definition) is 5. The molecule has 0 aliphatic carbocycles. The molecule has 0 saturated carbocycles. The molecule has 0 bridgehead atoms. The molecular formula is C18H26N4O3. The Morgan fingerprint density at radius 1 is 1.20 bits per heavy atom. The maximum atomic E-state index is 12.4. The molecule has 2 aromatic rings. The zero-order chi connectivity index (χ0) is 18.6. The molecule has 0 radical (unpaired) electrons. The van der Waals surface area contributed by atoms with Crippen LogP contribution in [0.1, 0.15) is 43.7 Å². The third-order valence-corrected chi connectivity index (χ3v) is 3.62. The van der Waals surface area contributed by atoms with E-state index < -0.39 is 5.97 Å². The van der Waals surface area contributed by atoms with E-state index in [-0.39, 0.29) is 12.5 Å². The fraction of sp³-hybridized carbons (Fsp3) is 0.556. The highest BCUT2D eigenvalue weighted by Crippen LogP contribution is 2.14. The second-order valence-corrected chi connectivity index (χ2v) is 7.01. The largest absolute Gasteiger partial charge is 0.452 e. The topological polar surface area (TPSA) is 76.8 Å². The Morgan fingerprint density at radius 3 is 2.44 bits per heavy atom. The highest BCUT2D eigenvalue weighted by Gasteiger charge is 2.22. The lowest BCUT2D eigenvalue weighted by atomic mass is 10.1. The van der Waals surface area contributed by atoms with E-state index in [2.05, 4.69) is 37.8 Å². The second kappa shape index (κ2) is 8.09. The molecule has 25 heavy (non-hydrogen) atoms. The van der Waals surface area contributed by atoms with Gasteiger partial charge in [-0.2, -0.15) is 5.10 Å². The van der Waals surface area contributed by atoms with Crippen LogP contribution in [-0.2, 0) is 9.53 Å². The maximum Gasteiger partial charge on any atom is 0.344 e. The van der Waals surface area contributed by atoms with Gasteiger partial charge in [0.15, 0.2) is 12.3 Å². The summed E-state index contributed by atoms with van der Waals surface area (Å²) in [4.78, 5) is 30.8. The molecule has 1 amide bonds. The molecule has 0 aliphatic heterocycles. The number of amides is 1. The molecule has 136 valence electrons. The predicted molar refractivity (Wildman–Crippen MR) is 94.3 cm³/mol. The number of rotatable bonds is 7. The van der Waals surface area contributed by atoms with Gasteiger partial charge in [0.2, 0.25) is 0 Å². The minimum absolute atomic E-state index is 0.183. The van der Waals surface area contributed by atoms with Crippen molar-refractivity contribution in [2.75, 3.05) is 19.7 Å². The van der Waals surface area contributed by atoms with Crippen molar-refractivity contribution in [3.8, 4) is 0 Å². The summed E-state index contributed by atoms with van der Waals surface area (Å²) in [6, 6.07) is 1.73. The number of nitrogens with zero attached hydrogens (tertiary/aromatic N) is 4. The van der Waals surface area contributed by atoms with E-state index >= 15 is 0 Å². The highest BCUT2D eigenvalue weighted by molar-refractivity contribution is 5.98. The fourth-order valence-electron chi connectivity index (χ4n) is 2.69. The average molecular weight is 346 g/mol. The number of carbonyl (C=O) groups is 2. The molecule has 2 rings (SSSR count). The van der Waals surface area contributed by atoms with Crippen molar-refractivity contribution >= 4 is 17.5 Å². The molecule has 0 fully saturated rings. The first kappa shape index (κ1) is 18.9. The van der Waals surface area contributed by atoms with Crippen LogP contribution in [0.4, 0.5) is 0 Å². The van der Waals surface area contributed by atoms with Gasteiger partial charge in [-0.3, -0.25) is 4.79 Å². The van der Waals surface area contributed by atoms with E-state index in [4.69, 9.17) is 4.74 Å². The van der Waals surface area contributed by atoms with Crippen molar-refractivity contribution in [1.82, 2.24) is 19.5 Å². The minimum atomic E-state index is -0.575. The van der Waals surface area contributed by atoms with E-state index in [9.17, 15) is 9.59 Å². The molecule has 0 N–H and O–H groups in total.